The monoisotopic (exact) mass is 320 g/mol. The molecule has 3 rings (SSSR count). The average Bonchev–Trinajstić information content (AvgIpc) is 2.92. The molecule has 1 aliphatic rings. The zero-order valence-corrected chi connectivity index (χ0v) is 12.8. The van der Waals surface area contributed by atoms with E-state index in [0.717, 1.165) is 5.33 Å². The number of fused-ring (bicyclic) bond motifs is 1. The Balaban J connectivity index is 2.02. The number of hydrogen-bond donors (Lipinski definition) is 0. The van der Waals surface area contributed by atoms with Gasteiger partial charge in [-0.15, -0.1) is 11.3 Å². The van der Waals surface area contributed by atoms with Crippen molar-refractivity contribution in [1.29, 1.82) is 0 Å². The van der Waals surface area contributed by atoms with Crippen LogP contribution in [0, 0.1) is 0 Å². The first-order valence-corrected chi connectivity index (χ1v) is 8.51. The Morgan fingerprint density at radius 3 is 2.83 bits per heavy atom. The maximum absolute atomic E-state index is 3.79. The van der Waals surface area contributed by atoms with E-state index in [0.29, 0.717) is 5.41 Å². The Labute approximate surface area is 121 Å². The van der Waals surface area contributed by atoms with Crippen molar-refractivity contribution < 1.29 is 0 Å². The van der Waals surface area contributed by atoms with Gasteiger partial charge < -0.3 is 0 Å². The lowest BCUT2D eigenvalue weighted by Gasteiger charge is -2.38. The summed E-state index contributed by atoms with van der Waals surface area (Å²) in [5, 5.41) is 3.25. The number of thiophene rings is 1. The van der Waals surface area contributed by atoms with E-state index < -0.39 is 0 Å². The SMILES string of the molecule is BrCC1(Cc2cccs2)CCCc2ccccc21. The van der Waals surface area contributed by atoms with E-state index in [4.69, 9.17) is 0 Å². The van der Waals surface area contributed by atoms with Crippen LogP contribution in [0.5, 0.6) is 0 Å². The van der Waals surface area contributed by atoms with E-state index >= 15 is 0 Å². The third-order valence-corrected chi connectivity index (χ3v) is 5.99. The molecule has 0 spiro atoms. The number of aryl methyl sites for hydroxylation is 1. The minimum atomic E-state index is 0.305. The van der Waals surface area contributed by atoms with E-state index in [1.807, 2.05) is 11.3 Å². The molecule has 2 aromatic rings. The topological polar surface area (TPSA) is 0 Å². The van der Waals surface area contributed by atoms with Crippen LogP contribution >= 0.6 is 27.3 Å². The first kappa shape index (κ1) is 12.4. The van der Waals surface area contributed by atoms with Crippen molar-refractivity contribution in [3.05, 3.63) is 57.8 Å². The third kappa shape index (κ3) is 2.17. The lowest BCUT2D eigenvalue weighted by Crippen LogP contribution is -2.34. The molecule has 0 radical (unpaired) electrons. The van der Waals surface area contributed by atoms with Crippen molar-refractivity contribution in [3.63, 3.8) is 0 Å². The van der Waals surface area contributed by atoms with Crippen molar-refractivity contribution in [2.75, 3.05) is 5.33 Å². The average molecular weight is 321 g/mol. The molecular weight excluding hydrogens is 304 g/mol. The van der Waals surface area contributed by atoms with Crippen molar-refractivity contribution in [1.82, 2.24) is 0 Å². The summed E-state index contributed by atoms with van der Waals surface area (Å²) in [6.45, 7) is 0. The van der Waals surface area contributed by atoms with Crippen LogP contribution in [-0.4, -0.2) is 5.33 Å². The quantitative estimate of drug-likeness (QED) is 0.701. The highest BCUT2D eigenvalue weighted by molar-refractivity contribution is 9.09. The second-order valence-corrected chi connectivity index (χ2v) is 6.77. The molecule has 0 saturated carbocycles. The predicted octanol–water partition coefficient (Wildman–Crippen LogP) is 4.96. The van der Waals surface area contributed by atoms with Crippen LogP contribution < -0.4 is 0 Å². The van der Waals surface area contributed by atoms with Gasteiger partial charge in [0, 0.05) is 15.6 Å². The van der Waals surface area contributed by atoms with Gasteiger partial charge in [0.1, 0.15) is 0 Å². The van der Waals surface area contributed by atoms with Gasteiger partial charge in [0.15, 0.2) is 0 Å². The fourth-order valence-electron chi connectivity index (χ4n) is 3.12. The van der Waals surface area contributed by atoms with E-state index in [1.165, 1.54) is 30.6 Å². The summed E-state index contributed by atoms with van der Waals surface area (Å²) in [5.74, 6) is 0. The lowest BCUT2D eigenvalue weighted by atomic mass is 9.69. The second-order valence-electron chi connectivity index (χ2n) is 5.18. The molecule has 0 N–H and O–H groups in total. The molecule has 1 aromatic heterocycles. The Morgan fingerprint density at radius 2 is 2.06 bits per heavy atom. The van der Waals surface area contributed by atoms with Crippen molar-refractivity contribution in [3.8, 4) is 0 Å². The largest absolute Gasteiger partial charge is 0.149 e. The van der Waals surface area contributed by atoms with E-state index in [2.05, 4.69) is 57.7 Å². The van der Waals surface area contributed by atoms with Crippen LogP contribution in [0.1, 0.15) is 28.8 Å². The van der Waals surface area contributed by atoms with Crippen LogP contribution in [-0.2, 0) is 18.3 Å². The van der Waals surface area contributed by atoms with Gasteiger partial charge >= 0.3 is 0 Å². The fourth-order valence-corrected chi connectivity index (χ4v) is 4.75. The first-order chi connectivity index (χ1) is 8.84. The summed E-state index contributed by atoms with van der Waals surface area (Å²) >= 11 is 5.67. The number of halogens is 1. The minimum absolute atomic E-state index is 0.305. The van der Waals surface area contributed by atoms with Gasteiger partial charge in [0.05, 0.1) is 0 Å². The molecule has 0 aliphatic heterocycles. The van der Waals surface area contributed by atoms with Gasteiger partial charge in [-0.25, -0.2) is 0 Å². The van der Waals surface area contributed by atoms with Gasteiger partial charge in [0.2, 0.25) is 0 Å². The van der Waals surface area contributed by atoms with Gasteiger partial charge in [-0.05, 0) is 48.3 Å². The molecule has 0 amide bonds. The normalized spacial score (nSPS) is 22.7. The standard InChI is InChI=1S/C16H17BrS/c17-12-16(11-14-7-4-10-18-14)9-3-6-13-5-1-2-8-15(13)16/h1-2,4-5,7-8,10H,3,6,9,11-12H2. The van der Waals surface area contributed by atoms with E-state index in [-0.39, 0.29) is 0 Å². The zero-order chi connectivity index (χ0) is 12.4. The highest BCUT2D eigenvalue weighted by Gasteiger charge is 2.35. The van der Waals surface area contributed by atoms with Crippen LogP contribution in [0.3, 0.4) is 0 Å². The van der Waals surface area contributed by atoms with E-state index in [9.17, 15) is 0 Å². The lowest BCUT2D eigenvalue weighted by molar-refractivity contribution is 0.404. The molecule has 1 aliphatic carbocycles. The Kier molecular flexibility index (Phi) is 3.58. The maximum Gasteiger partial charge on any atom is 0.0132 e. The first-order valence-electron chi connectivity index (χ1n) is 6.51. The molecule has 1 heterocycles. The molecule has 1 aromatic carbocycles. The molecule has 94 valence electrons. The summed E-state index contributed by atoms with van der Waals surface area (Å²) in [5.41, 5.74) is 3.43. The van der Waals surface area contributed by atoms with Crippen LogP contribution in [0.15, 0.2) is 41.8 Å². The van der Waals surface area contributed by atoms with Crippen molar-refractivity contribution in [2.45, 2.75) is 31.1 Å². The second kappa shape index (κ2) is 5.18. The minimum Gasteiger partial charge on any atom is -0.149 e. The fraction of sp³-hybridized carbons (Fsp3) is 0.375. The summed E-state index contributed by atoms with van der Waals surface area (Å²) < 4.78 is 0. The Bertz CT molecular complexity index is 518. The summed E-state index contributed by atoms with van der Waals surface area (Å²) in [4.78, 5) is 1.51. The summed E-state index contributed by atoms with van der Waals surface area (Å²) in [7, 11) is 0. The summed E-state index contributed by atoms with van der Waals surface area (Å²) in [6, 6.07) is 13.4. The van der Waals surface area contributed by atoms with Gasteiger partial charge in [0.25, 0.3) is 0 Å². The molecular formula is C16H17BrS. The number of alkyl halides is 1. The van der Waals surface area contributed by atoms with Gasteiger partial charge in [-0.2, -0.15) is 0 Å². The molecule has 18 heavy (non-hydrogen) atoms. The van der Waals surface area contributed by atoms with Crippen LogP contribution in [0.2, 0.25) is 0 Å². The molecule has 1 unspecified atom stereocenters. The molecule has 0 saturated heterocycles. The van der Waals surface area contributed by atoms with Gasteiger partial charge in [-0.3, -0.25) is 0 Å². The third-order valence-electron chi connectivity index (χ3n) is 4.04. The molecule has 0 bridgehead atoms. The number of benzene rings is 1. The highest BCUT2D eigenvalue weighted by Crippen LogP contribution is 2.41. The molecule has 1 atom stereocenters. The molecule has 0 fully saturated rings. The Morgan fingerprint density at radius 1 is 1.17 bits per heavy atom. The molecule has 2 heteroatoms. The predicted molar refractivity (Wildman–Crippen MR) is 82.9 cm³/mol. The number of rotatable bonds is 3. The van der Waals surface area contributed by atoms with Gasteiger partial charge in [-0.1, -0.05) is 46.3 Å². The molecule has 0 nitrogen and oxygen atoms in total. The van der Waals surface area contributed by atoms with Crippen molar-refractivity contribution in [2.24, 2.45) is 0 Å². The Hall–Kier alpha value is -0.600. The van der Waals surface area contributed by atoms with E-state index in [1.54, 1.807) is 11.1 Å². The summed E-state index contributed by atoms with van der Waals surface area (Å²) in [6.07, 6.45) is 5.03. The number of hydrogen-bond acceptors (Lipinski definition) is 1. The van der Waals surface area contributed by atoms with Crippen LogP contribution in [0.4, 0.5) is 0 Å². The van der Waals surface area contributed by atoms with Crippen molar-refractivity contribution >= 4 is 27.3 Å². The van der Waals surface area contributed by atoms with Crippen LogP contribution in [0.25, 0.3) is 0 Å². The highest BCUT2D eigenvalue weighted by atomic mass is 79.9. The smallest absolute Gasteiger partial charge is 0.0132 e. The maximum atomic E-state index is 3.79. The zero-order valence-electron chi connectivity index (χ0n) is 10.4.